The predicted octanol–water partition coefficient (Wildman–Crippen LogP) is 3.18. The molecule has 0 unspecified atom stereocenters. The van der Waals surface area contributed by atoms with Crippen molar-refractivity contribution in [3.8, 4) is 11.5 Å². The van der Waals surface area contributed by atoms with E-state index in [4.69, 9.17) is 0 Å². The number of ether oxygens (including phenoxy) is 1. The van der Waals surface area contributed by atoms with Crippen molar-refractivity contribution in [2.75, 3.05) is 12.4 Å². The van der Waals surface area contributed by atoms with Gasteiger partial charge in [0.1, 0.15) is 11.5 Å². The Kier molecular flexibility index (Phi) is 4.33. The van der Waals surface area contributed by atoms with Crippen LogP contribution in [0.15, 0.2) is 36.4 Å². The maximum atomic E-state index is 11.3. The van der Waals surface area contributed by atoms with Gasteiger partial charge in [-0.3, -0.25) is 5.32 Å². The number of hydrogen-bond acceptors (Lipinski definition) is 4. The van der Waals surface area contributed by atoms with Gasteiger partial charge in [-0.25, -0.2) is 4.79 Å². The zero-order valence-corrected chi connectivity index (χ0v) is 11.9. The fourth-order valence-electron chi connectivity index (χ4n) is 2.01. The first-order chi connectivity index (χ1) is 9.99. The maximum absolute atomic E-state index is 11.3. The topological polar surface area (TPSA) is 78.8 Å². The van der Waals surface area contributed by atoms with E-state index < -0.39 is 6.09 Å². The molecule has 0 aliphatic carbocycles. The SMILES string of the molecule is COC(=O)Nc1cc(Cc2cc(O)ccc2O)ccc1C. The minimum absolute atomic E-state index is 0.0998. The first-order valence-electron chi connectivity index (χ1n) is 6.45. The van der Waals surface area contributed by atoms with Crippen molar-refractivity contribution in [1.82, 2.24) is 0 Å². The quantitative estimate of drug-likeness (QED) is 0.758. The summed E-state index contributed by atoms with van der Waals surface area (Å²) in [5.74, 6) is 0.221. The molecule has 110 valence electrons. The largest absolute Gasteiger partial charge is 0.508 e. The standard InChI is InChI=1S/C16H17NO4/c1-10-3-4-11(8-14(10)17-16(20)21-2)7-12-9-13(18)5-6-15(12)19/h3-6,8-9,18-19H,7H2,1-2H3,(H,17,20). The number of phenolic OH excluding ortho intramolecular Hbond substituents is 2. The Bertz CT molecular complexity index is 667. The van der Waals surface area contributed by atoms with Gasteiger partial charge in [0.2, 0.25) is 0 Å². The number of carbonyl (C=O) groups is 1. The highest BCUT2D eigenvalue weighted by atomic mass is 16.5. The van der Waals surface area contributed by atoms with E-state index in [9.17, 15) is 15.0 Å². The second-order valence-corrected chi connectivity index (χ2v) is 4.76. The Labute approximate surface area is 122 Å². The number of aromatic hydroxyl groups is 2. The van der Waals surface area contributed by atoms with Crippen LogP contribution >= 0.6 is 0 Å². The Hall–Kier alpha value is -2.69. The second-order valence-electron chi connectivity index (χ2n) is 4.76. The second kappa shape index (κ2) is 6.17. The molecule has 2 rings (SSSR count). The van der Waals surface area contributed by atoms with Crippen LogP contribution in [0.2, 0.25) is 0 Å². The average Bonchev–Trinajstić information content (AvgIpc) is 2.46. The van der Waals surface area contributed by atoms with Crippen LogP contribution in [0.4, 0.5) is 10.5 Å². The van der Waals surface area contributed by atoms with Crippen molar-refractivity contribution >= 4 is 11.8 Å². The smallest absolute Gasteiger partial charge is 0.411 e. The maximum Gasteiger partial charge on any atom is 0.411 e. The molecule has 5 heteroatoms. The molecule has 1 amide bonds. The summed E-state index contributed by atoms with van der Waals surface area (Å²) in [4.78, 5) is 11.3. The van der Waals surface area contributed by atoms with Crippen molar-refractivity contribution in [3.63, 3.8) is 0 Å². The highest BCUT2D eigenvalue weighted by Gasteiger charge is 2.08. The van der Waals surface area contributed by atoms with E-state index in [1.165, 1.54) is 25.3 Å². The first kappa shape index (κ1) is 14.7. The Morgan fingerprint density at radius 1 is 1.19 bits per heavy atom. The van der Waals surface area contributed by atoms with Gasteiger partial charge in [0.15, 0.2) is 0 Å². The molecular weight excluding hydrogens is 270 g/mol. The van der Waals surface area contributed by atoms with Crippen molar-refractivity contribution in [2.45, 2.75) is 13.3 Å². The number of benzene rings is 2. The summed E-state index contributed by atoms with van der Waals surface area (Å²) in [6.45, 7) is 1.88. The lowest BCUT2D eigenvalue weighted by atomic mass is 10.0. The van der Waals surface area contributed by atoms with Gasteiger partial charge in [0, 0.05) is 17.7 Å². The number of hydrogen-bond donors (Lipinski definition) is 3. The van der Waals surface area contributed by atoms with E-state index >= 15 is 0 Å². The molecule has 0 fully saturated rings. The molecule has 5 nitrogen and oxygen atoms in total. The lowest BCUT2D eigenvalue weighted by Gasteiger charge is -2.11. The molecule has 0 radical (unpaired) electrons. The summed E-state index contributed by atoms with van der Waals surface area (Å²) in [6, 6.07) is 9.99. The fourth-order valence-corrected chi connectivity index (χ4v) is 2.01. The van der Waals surface area contributed by atoms with Crippen molar-refractivity contribution in [2.24, 2.45) is 0 Å². The molecule has 0 bridgehead atoms. The van der Waals surface area contributed by atoms with E-state index in [0.717, 1.165) is 11.1 Å². The van der Waals surface area contributed by atoms with Gasteiger partial charge < -0.3 is 14.9 Å². The molecule has 0 aromatic heterocycles. The van der Waals surface area contributed by atoms with Gasteiger partial charge in [0.25, 0.3) is 0 Å². The van der Waals surface area contributed by atoms with E-state index in [1.54, 1.807) is 0 Å². The Balaban J connectivity index is 2.26. The van der Waals surface area contributed by atoms with Crippen LogP contribution in [-0.2, 0) is 11.2 Å². The number of aryl methyl sites for hydroxylation is 1. The number of phenols is 2. The van der Waals surface area contributed by atoms with Gasteiger partial charge in [-0.1, -0.05) is 12.1 Å². The van der Waals surface area contributed by atoms with E-state index in [2.05, 4.69) is 10.1 Å². The molecule has 0 saturated heterocycles. The van der Waals surface area contributed by atoms with Crippen molar-refractivity contribution in [1.29, 1.82) is 0 Å². The Morgan fingerprint density at radius 2 is 1.95 bits per heavy atom. The minimum Gasteiger partial charge on any atom is -0.508 e. The molecule has 0 saturated carbocycles. The highest BCUT2D eigenvalue weighted by molar-refractivity contribution is 5.85. The number of amides is 1. The average molecular weight is 287 g/mol. The van der Waals surface area contributed by atoms with Gasteiger partial charge in [-0.15, -0.1) is 0 Å². The lowest BCUT2D eigenvalue weighted by molar-refractivity contribution is 0.187. The van der Waals surface area contributed by atoms with Crippen molar-refractivity contribution < 1.29 is 19.7 Å². The molecule has 0 aliphatic rings. The van der Waals surface area contributed by atoms with Crippen LogP contribution < -0.4 is 5.32 Å². The highest BCUT2D eigenvalue weighted by Crippen LogP contribution is 2.26. The van der Waals surface area contributed by atoms with Gasteiger partial charge >= 0.3 is 6.09 Å². The third-order valence-corrected chi connectivity index (χ3v) is 3.18. The summed E-state index contributed by atoms with van der Waals surface area (Å²) in [7, 11) is 1.30. The molecule has 21 heavy (non-hydrogen) atoms. The monoisotopic (exact) mass is 287 g/mol. The normalized spacial score (nSPS) is 10.2. The van der Waals surface area contributed by atoms with Gasteiger partial charge in [0.05, 0.1) is 7.11 Å². The summed E-state index contributed by atoms with van der Waals surface area (Å²) in [6.07, 6.45) is -0.0911. The van der Waals surface area contributed by atoms with E-state index in [1.807, 2.05) is 25.1 Å². The van der Waals surface area contributed by atoms with Crippen LogP contribution in [0.5, 0.6) is 11.5 Å². The summed E-state index contributed by atoms with van der Waals surface area (Å²) in [5, 5.41) is 21.9. The third kappa shape index (κ3) is 3.66. The predicted molar refractivity (Wildman–Crippen MR) is 79.8 cm³/mol. The summed E-state index contributed by atoms with van der Waals surface area (Å²) < 4.78 is 4.58. The molecule has 2 aromatic rings. The van der Waals surface area contributed by atoms with Gasteiger partial charge in [-0.2, -0.15) is 0 Å². The molecule has 0 heterocycles. The van der Waals surface area contributed by atoms with E-state index in [0.29, 0.717) is 17.7 Å². The van der Waals surface area contributed by atoms with Crippen molar-refractivity contribution in [3.05, 3.63) is 53.1 Å². The number of methoxy groups -OCH3 is 1. The number of anilines is 1. The molecule has 3 N–H and O–H groups in total. The fraction of sp³-hybridized carbons (Fsp3) is 0.188. The molecule has 0 spiro atoms. The number of nitrogens with one attached hydrogen (secondary N) is 1. The molecule has 2 aromatic carbocycles. The number of carbonyl (C=O) groups excluding carboxylic acids is 1. The minimum atomic E-state index is -0.532. The third-order valence-electron chi connectivity index (χ3n) is 3.18. The van der Waals surface area contributed by atoms with Crippen LogP contribution in [0.3, 0.4) is 0 Å². The molecular formula is C16H17NO4. The summed E-state index contributed by atoms with van der Waals surface area (Å²) >= 11 is 0. The van der Waals surface area contributed by atoms with Crippen LogP contribution in [0.25, 0.3) is 0 Å². The molecule has 0 atom stereocenters. The van der Waals surface area contributed by atoms with Crippen LogP contribution in [-0.4, -0.2) is 23.4 Å². The zero-order chi connectivity index (χ0) is 15.4. The van der Waals surface area contributed by atoms with Gasteiger partial charge in [-0.05, 0) is 42.3 Å². The molecule has 0 aliphatic heterocycles. The van der Waals surface area contributed by atoms with E-state index in [-0.39, 0.29) is 11.5 Å². The Morgan fingerprint density at radius 3 is 2.67 bits per heavy atom. The number of rotatable bonds is 3. The first-order valence-corrected chi connectivity index (χ1v) is 6.45. The van der Waals surface area contributed by atoms with Crippen LogP contribution in [0.1, 0.15) is 16.7 Å². The van der Waals surface area contributed by atoms with Crippen LogP contribution in [0, 0.1) is 6.92 Å². The summed E-state index contributed by atoms with van der Waals surface area (Å²) in [5.41, 5.74) is 3.07. The lowest BCUT2D eigenvalue weighted by Crippen LogP contribution is -2.12. The zero-order valence-electron chi connectivity index (χ0n) is 11.9.